The SMILES string of the molecule is C=CCSc1nn(-c2ccccc2)c2nc(N)[nH]c(=O)c12. The van der Waals surface area contributed by atoms with Crippen LogP contribution in [-0.2, 0) is 0 Å². The zero-order chi connectivity index (χ0) is 14.8. The fourth-order valence-electron chi connectivity index (χ4n) is 2.00. The number of para-hydroxylation sites is 1. The molecule has 0 aliphatic rings. The topological polar surface area (TPSA) is 89.6 Å². The van der Waals surface area contributed by atoms with Gasteiger partial charge in [-0.1, -0.05) is 36.0 Å². The zero-order valence-electron chi connectivity index (χ0n) is 11.1. The molecule has 0 fully saturated rings. The highest BCUT2D eigenvalue weighted by molar-refractivity contribution is 7.99. The van der Waals surface area contributed by atoms with Gasteiger partial charge < -0.3 is 5.73 Å². The van der Waals surface area contributed by atoms with Crippen LogP contribution in [0.5, 0.6) is 0 Å². The van der Waals surface area contributed by atoms with E-state index in [0.29, 0.717) is 21.8 Å². The quantitative estimate of drug-likeness (QED) is 0.568. The summed E-state index contributed by atoms with van der Waals surface area (Å²) in [6.45, 7) is 3.68. The average molecular weight is 299 g/mol. The number of aromatic nitrogens is 4. The van der Waals surface area contributed by atoms with E-state index in [2.05, 4.69) is 21.6 Å². The molecule has 3 rings (SSSR count). The lowest BCUT2D eigenvalue weighted by Gasteiger charge is -2.01. The molecule has 0 aliphatic heterocycles. The first-order valence-corrected chi connectivity index (χ1v) is 7.27. The van der Waals surface area contributed by atoms with Crippen LogP contribution >= 0.6 is 11.8 Å². The molecule has 0 saturated carbocycles. The fourth-order valence-corrected chi connectivity index (χ4v) is 2.74. The molecule has 106 valence electrons. The van der Waals surface area contributed by atoms with Gasteiger partial charge in [-0.3, -0.25) is 9.78 Å². The Morgan fingerprint density at radius 2 is 2.14 bits per heavy atom. The van der Waals surface area contributed by atoms with Gasteiger partial charge in [0.25, 0.3) is 5.56 Å². The van der Waals surface area contributed by atoms with E-state index in [1.54, 1.807) is 10.8 Å². The van der Waals surface area contributed by atoms with Crippen molar-refractivity contribution >= 4 is 28.7 Å². The summed E-state index contributed by atoms with van der Waals surface area (Å²) in [5, 5.41) is 5.55. The van der Waals surface area contributed by atoms with Gasteiger partial charge in [0.15, 0.2) is 5.65 Å². The van der Waals surface area contributed by atoms with Crippen molar-refractivity contribution in [2.24, 2.45) is 0 Å². The summed E-state index contributed by atoms with van der Waals surface area (Å²) in [6, 6.07) is 9.50. The Bertz CT molecular complexity index is 853. The maximum Gasteiger partial charge on any atom is 0.264 e. The van der Waals surface area contributed by atoms with Crippen molar-refractivity contribution in [1.29, 1.82) is 0 Å². The first-order chi connectivity index (χ1) is 10.2. The van der Waals surface area contributed by atoms with E-state index in [-0.39, 0.29) is 11.5 Å². The van der Waals surface area contributed by atoms with Gasteiger partial charge in [-0.2, -0.15) is 10.1 Å². The first-order valence-electron chi connectivity index (χ1n) is 6.28. The monoisotopic (exact) mass is 299 g/mol. The van der Waals surface area contributed by atoms with E-state index in [1.807, 2.05) is 30.3 Å². The van der Waals surface area contributed by atoms with E-state index in [1.165, 1.54) is 11.8 Å². The predicted octanol–water partition coefficient (Wildman–Crippen LogP) is 1.97. The van der Waals surface area contributed by atoms with Gasteiger partial charge >= 0.3 is 0 Å². The summed E-state index contributed by atoms with van der Waals surface area (Å²) in [5.74, 6) is 0.731. The van der Waals surface area contributed by atoms with Gasteiger partial charge in [0, 0.05) is 5.75 Å². The third-order valence-electron chi connectivity index (χ3n) is 2.86. The molecule has 0 spiro atoms. The number of nitrogens with two attached hydrogens (primary N) is 1. The molecule has 0 bridgehead atoms. The van der Waals surface area contributed by atoms with E-state index in [0.717, 1.165) is 5.69 Å². The minimum atomic E-state index is -0.286. The van der Waals surface area contributed by atoms with Gasteiger partial charge in [-0.15, -0.1) is 6.58 Å². The van der Waals surface area contributed by atoms with E-state index in [4.69, 9.17) is 5.73 Å². The lowest BCUT2D eigenvalue weighted by atomic mass is 10.3. The van der Waals surface area contributed by atoms with Crippen molar-refractivity contribution < 1.29 is 0 Å². The van der Waals surface area contributed by atoms with Crippen LogP contribution in [0.2, 0.25) is 0 Å². The Kier molecular flexibility index (Phi) is 3.49. The molecular formula is C14H13N5OS. The number of nitrogen functional groups attached to an aromatic ring is 1. The molecule has 7 heteroatoms. The minimum Gasteiger partial charge on any atom is -0.369 e. The van der Waals surface area contributed by atoms with Gasteiger partial charge in [0.05, 0.1) is 5.69 Å². The maximum atomic E-state index is 12.2. The Labute approximate surface area is 124 Å². The molecule has 0 saturated heterocycles. The van der Waals surface area contributed by atoms with E-state index >= 15 is 0 Å². The molecule has 0 radical (unpaired) electrons. The van der Waals surface area contributed by atoms with Crippen LogP contribution in [0.15, 0.2) is 52.8 Å². The normalized spacial score (nSPS) is 10.9. The third-order valence-corrected chi connectivity index (χ3v) is 3.82. The first kappa shape index (κ1) is 13.4. The number of rotatable bonds is 4. The Morgan fingerprint density at radius 3 is 2.86 bits per heavy atom. The Balaban J connectivity index is 2.30. The van der Waals surface area contributed by atoms with Gasteiger partial charge in [0.1, 0.15) is 10.4 Å². The van der Waals surface area contributed by atoms with Crippen LogP contribution in [0.1, 0.15) is 0 Å². The lowest BCUT2D eigenvalue weighted by molar-refractivity contribution is 0.852. The highest BCUT2D eigenvalue weighted by atomic mass is 32.2. The number of hydrogen-bond acceptors (Lipinski definition) is 5. The summed E-state index contributed by atoms with van der Waals surface area (Å²) in [4.78, 5) is 18.9. The summed E-state index contributed by atoms with van der Waals surface area (Å²) < 4.78 is 1.63. The largest absolute Gasteiger partial charge is 0.369 e. The lowest BCUT2D eigenvalue weighted by Crippen LogP contribution is -2.11. The van der Waals surface area contributed by atoms with E-state index in [9.17, 15) is 4.79 Å². The van der Waals surface area contributed by atoms with Crippen LogP contribution in [-0.4, -0.2) is 25.5 Å². The summed E-state index contributed by atoms with van der Waals surface area (Å²) in [7, 11) is 0. The van der Waals surface area contributed by atoms with Crippen LogP contribution in [0.4, 0.5) is 5.95 Å². The van der Waals surface area contributed by atoms with Crippen molar-refractivity contribution in [1.82, 2.24) is 19.7 Å². The number of aromatic amines is 1. The van der Waals surface area contributed by atoms with Crippen LogP contribution in [0.3, 0.4) is 0 Å². The number of H-pyrrole nitrogens is 1. The Morgan fingerprint density at radius 1 is 1.38 bits per heavy atom. The average Bonchev–Trinajstić information content (AvgIpc) is 2.85. The van der Waals surface area contributed by atoms with Crippen LogP contribution in [0.25, 0.3) is 16.7 Å². The predicted molar refractivity (Wildman–Crippen MR) is 84.8 cm³/mol. The number of nitrogens with zero attached hydrogens (tertiary/aromatic N) is 3. The molecule has 3 N–H and O–H groups in total. The van der Waals surface area contributed by atoms with Crippen molar-refractivity contribution in [2.75, 3.05) is 11.5 Å². The smallest absolute Gasteiger partial charge is 0.264 e. The maximum absolute atomic E-state index is 12.2. The third kappa shape index (κ3) is 2.43. The Hall–Kier alpha value is -2.54. The molecule has 2 aromatic heterocycles. The van der Waals surface area contributed by atoms with Gasteiger partial charge in [0.2, 0.25) is 5.95 Å². The molecule has 1 aromatic carbocycles. The fraction of sp³-hybridized carbons (Fsp3) is 0.0714. The number of benzene rings is 1. The number of nitrogens with one attached hydrogen (secondary N) is 1. The number of anilines is 1. The summed E-state index contributed by atoms with van der Waals surface area (Å²) in [5.41, 5.74) is 6.64. The molecule has 3 aromatic rings. The highest BCUT2D eigenvalue weighted by Crippen LogP contribution is 2.25. The summed E-state index contributed by atoms with van der Waals surface area (Å²) >= 11 is 1.43. The number of hydrogen-bond donors (Lipinski definition) is 2. The molecule has 0 aliphatic carbocycles. The van der Waals surface area contributed by atoms with Gasteiger partial charge in [-0.25, -0.2) is 4.68 Å². The second kappa shape index (κ2) is 5.45. The molecule has 6 nitrogen and oxygen atoms in total. The second-order valence-corrected chi connectivity index (χ2v) is 5.31. The standard InChI is InChI=1S/C14H13N5OS/c1-2-8-21-13-10-11(16-14(15)17-12(10)20)19(18-13)9-6-4-3-5-7-9/h2-7H,1,8H2,(H3,15,16,17,20). The molecule has 0 amide bonds. The molecule has 0 unspecified atom stereocenters. The molecule has 2 heterocycles. The molecule has 21 heavy (non-hydrogen) atoms. The van der Waals surface area contributed by atoms with Crippen molar-refractivity contribution in [3.05, 3.63) is 53.3 Å². The van der Waals surface area contributed by atoms with Crippen LogP contribution in [0, 0.1) is 0 Å². The molecular weight excluding hydrogens is 286 g/mol. The minimum absolute atomic E-state index is 0.0739. The molecule has 0 atom stereocenters. The van der Waals surface area contributed by atoms with Crippen molar-refractivity contribution in [3.8, 4) is 5.69 Å². The van der Waals surface area contributed by atoms with Crippen LogP contribution < -0.4 is 11.3 Å². The van der Waals surface area contributed by atoms with Gasteiger partial charge in [-0.05, 0) is 12.1 Å². The van der Waals surface area contributed by atoms with Crippen molar-refractivity contribution in [2.45, 2.75) is 5.03 Å². The number of thioether (sulfide) groups is 1. The highest BCUT2D eigenvalue weighted by Gasteiger charge is 2.17. The van der Waals surface area contributed by atoms with Crippen molar-refractivity contribution in [3.63, 3.8) is 0 Å². The van der Waals surface area contributed by atoms with E-state index < -0.39 is 0 Å². The second-order valence-electron chi connectivity index (χ2n) is 4.30. The summed E-state index contributed by atoms with van der Waals surface area (Å²) in [6.07, 6.45) is 1.76. The number of fused-ring (bicyclic) bond motifs is 1. The zero-order valence-corrected chi connectivity index (χ0v) is 11.9.